The summed E-state index contributed by atoms with van der Waals surface area (Å²) in [4.78, 5) is 27.6. The van der Waals surface area contributed by atoms with Crippen LogP contribution in [0.4, 0.5) is 4.39 Å². The lowest BCUT2D eigenvalue weighted by molar-refractivity contribution is -0.135. The molecule has 34 heavy (non-hydrogen) atoms. The fraction of sp³-hybridized carbons (Fsp3) is 0.440. The average Bonchev–Trinajstić information content (AvgIpc) is 3.30. The Morgan fingerprint density at radius 1 is 0.971 bits per heavy atom. The average molecular weight is 488 g/mol. The number of fused-ring (bicyclic) bond motifs is 1. The zero-order chi connectivity index (χ0) is 24.5. The number of rotatable bonds is 6. The summed E-state index contributed by atoms with van der Waals surface area (Å²) >= 11 is 0. The van der Waals surface area contributed by atoms with E-state index in [0.29, 0.717) is 4.90 Å². The quantitative estimate of drug-likeness (QED) is 0.679. The number of piperazine rings is 1. The van der Waals surface area contributed by atoms with Gasteiger partial charge in [0.25, 0.3) is 5.91 Å². The highest BCUT2D eigenvalue weighted by Crippen LogP contribution is 2.27. The Morgan fingerprint density at radius 2 is 1.65 bits per heavy atom. The molecule has 9 heteroatoms. The zero-order valence-corrected chi connectivity index (χ0v) is 20.3. The number of nitrogens with one attached hydrogen (secondary N) is 1. The SMILES string of the molecule is CC(C)C(NC(=O)c1ccccc1F)C(=O)N1CCN(S(=O)(=O)c2ccc3c(c2)CCC3)CC1. The van der Waals surface area contributed by atoms with Crippen LogP contribution in [0, 0.1) is 11.7 Å². The molecule has 0 spiro atoms. The molecule has 2 aromatic rings. The lowest BCUT2D eigenvalue weighted by atomic mass is 10.0. The number of aryl methyl sites for hydroxylation is 2. The Kier molecular flexibility index (Phi) is 7.04. The van der Waals surface area contributed by atoms with Gasteiger partial charge in [-0.25, -0.2) is 12.8 Å². The van der Waals surface area contributed by atoms with Crippen LogP contribution >= 0.6 is 0 Å². The topological polar surface area (TPSA) is 86.8 Å². The molecule has 1 fully saturated rings. The fourth-order valence-corrected chi connectivity index (χ4v) is 6.05. The number of nitrogens with zero attached hydrogens (tertiary/aromatic N) is 2. The van der Waals surface area contributed by atoms with Gasteiger partial charge in [0.05, 0.1) is 10.5 Å². The largest absolute Gasteiger partial charge is 0.340 e. The van der Waals surface area contributed by atoms with E-state index in [9.17, 15) is 22.4 Å². The van der Waals surface area contributed by atoms with Crippen molar-refractivity contribution in [3.63, 3.8) is 0 Å². The van der Waals surface area contributed by atoms with E-state index in [2.05, 4.69) is 5.32 Å². The van der Waals surface area contributed by atoms with Crippen molar-refractivity contribution in [3.05, 3.63) is 65.0 Å². The lowest BCUT2D eigenvalue weighted by Gasteiger charge is -2.36. The van der Waals surface area contributed by atoms with Crippen molar-refractivity contribution >= 4 is 21.8 Å². The van der Waals surface area contributed by atoms with Crippen molar-refractivity contribution in [2.24, 2.45) is 5.92 Å². The minimum Gasteiger partial charge on any atom is -0.340 e. The molecule has 0 bridgehead atoms. The van der Waals surface area contributed by atoms with E-state index in [-0.39, 0.29) is 43.6 Å². The van der Waals surface area contributed by atoms with Gasteiger partial charge in [-0.05, 0) is 60.6 Å². The molecule has 1 saturated heterocycles. The van der Waals surface area contributed by atoms with E-state index in [0.717, 1.165) is 24.8 Å². The minimum absolute atomic E-state index is 0.119. The van der Waals surface area contributed by atoms with E-state index < -0.39 is 27.8 Å². The summed E-state index contributed by atoms with van der Waals surface area (Å²) < 4.78 is 41.7. The summed E-state index contributed by atoms with van der Waals surface area (Å²) in [7, 11) is -3.65. The second-order valence-corrected chi connectivity index (χ2v) is 11.1. The molecule has 1 atom stereocenters. The maximum absolute atomic E-state index is 14.0. The molecule has 0 saturated carbocycles. The van der Waals surface area contributed by atoms with Crippen molar-refractivity contribution in [2.45, 2.75) is 44.0 Å². The highest BCUT2D eigenvalue weighted by molar-refractivity contribution is 7.89. The Labute approximate surface area is 200 Å². The van der Waals surface area contributed by atoms with Gasteiger partial charge >= 0.3 is 0 Å². The monoisotopic (exact) mass is 487 g/mol. The van der Waals surface area contributed by atoms with Crippen LogP contribution in [0.2, 0.25) is 0 Å². The first-order valence-electron chi connectivity index (χ1n) is 11.6. The van der Waals surface area contributed by atoms with Gasteiger partial charge in [-0.2, -0.15) is 4.31 Å². The van der Waals surface area contributed by atoms with Gasteiger partial charge in [0.15, 0.2) is 0 Å². The van der Waals surface area contributed by atoms with E-state index >= 15 is 0 Å². The molecule has 182 valence electrons. The summed E-state index contributed by atoms with van der Waals surface area (Å²) in [6.45, 7) is 4.41. The third kappa shape index (κ3) is 4.86. The first-order valence-corrected chi connectivity index (χ1v) is 13.1. The van der Waals surface area contributed by atoms with Gasteiger partial charge in [0.2, 0.25) is 15.9 Å². The van der Waals surface area contributed by atoms with Crippen molar-refractivity contribution in [3.8, 4) is 0 Å². The number of carbonyl (C=O) groups excluding carboxylic acids is 2. The maximum atomic E-state index is 14.0. The molecule has 2 amide bonds. The van der Waals surface area contributed by atoms with Crippen molar-refractivity contribution < 1.29 is 22.4 Å². The molecule has 2 aliphatic rings. The summed E-state index contributed by atoms with van der Waals surface area (Å²) in [5.41, 5.74) is 2.19. The Balaban J connectivity index is 1.41. The van der Waals surface area contributed by atoms with Crippen LogP contribution in [0.1, 0.15) is 41.8 Å². The fourth-order valence-electron chi connectivity index (χ4n) is 4.58. The van der Waals surface area contributed by atoms with Gasteiger partial charge in [-0.1, -0.05) is 32.0 Å². The smallest absolute Gasteiger partial charge is 0.254 e. The first-order chi connectivity index (χ1) is 16.2. The Morgan fingerprint density at radius 3 is 2.32 bits per heavy atom. The second kappa shape index (κ2) is 9.84. The van der Waals surface area contributed by atoms with Crippen LogP contribution in [0.3, 0.4) is 0 Å². The highest BCUT2D eigenvalue weighted by Gasteiger charge is 2.35. The van der Waals surface area contributed by atoms with Gasteiger partial charge in [0.1, 0.15) is 11.9 Å². The maximum Gasteiger partial charge on any atom is 0.254 e. The number of carbonyl (C=O) groups is 2. The molecule has 1 N–H and O–H groups in total. The van der Waals surface area contributed by atoms with Crippen LogP contribution in [0.15, 0.2) is 47.4 Å². The van der Waals surface area contributed by atoms with Gasteiger partial charge in [0, 0.05) is 26.2 Å². The van der Waals surface area contributed by atoms with Crippen molar-refractivity contribution in [2.75, 3.05) is 26.2 Å². The zero-order valence-electron chi connectivity index (χ0n) is 19.5. The minimum atomic E-state index is -3.65. The van der Waals surface area contributed by atoms with Gasteiger partial charge in [-0.15, -0.1) is 0 Å². The normalized spacial score (nSPS) is 17.5. The Hall–Kier alpha value is -2.78. The molecule has 1 heterocycles. The third-order valence-electron chi connectivity index (χ3n) is 6.60. The van der Waals surface area contributed by atoms with Crippen molar-refractivity contribution in [1.29, 1.82) is 0 Å². The number of hydrogen-bond donors (Lipinski definition) is 1. The van der Waals surface area contributed by atoms with E-state index in [1.165, 1.54) is 28.1 Å². The van der Waals surface area contributed by atoms with E-state index in [1.807, 2.05) is 6.07 Å². The number of benzene rings is 2. The summed E-state index contributed by atoms with van der Waals surface area (Å²) in [5.74, 6) is -1.83. The highest BCUT2D eigenvalue weighted by atomic mass is 32.2. The van der Waals surface area contributed by atoms with Crippen LogP contribution in [0.25, 0.3) is 0 Å². The molecule has 1 unspecified atom stereocenters. The summed E-state index contributed by atoms with van der Waals surface area (Å²) in [5, 5.41) is 2.66. The third-order valence-corrected chi connectivity index (χ3v) is 8.49. The molecule has 4 rings (SSSR count). The molecule has 0 radical (unpaired) electrons. The van der Waals surface area contributed by atoms with Crippen LogP contribution in [0.5, 0.6) is 0 Å². The van der Waals surface area contributed by atoms with E-state index in [4.69, 9.17) is 0 Å². The first kappa shape index (κ1) is 24.3. The van der Waals surface area contributed by atoms with Gasteiger partial charge < -0.3 is 10.2 Å². The molecular weight excluding hydrogens is 457 g/mol. The molecule has 1 aliphatic heterocycles. The number of amides is 2. The number of halogens is 1. The van der Waals surface area contributed by atoms with Crippen LogP contribution < -0.4 is 5.32 Å². The molecule has 0 aromatic heterocycles. The molecule has 7 nitrogen and oxygen atoms in total. The molecular formula is C25H30FN3O4S. The van der Waals surface area contributed by atoms with Crippen LogP contribution in [-0.4, -0.2) is 61.7 Å². The summed E-state index contributed by atoms with van der Waals surface area (Å²) in [6.07, 6.45) is 2.93. The van der Waals surface area contributed by atoms with Crippen molar-refractivity contribution in [1.82, 2.24) is 14.5 Å². The lowest BCUT2D eigenvalue weighted by Crippen LogP contribution is -2.57. The number of sulfonamides is 1. The standard InChI is InChI=1S/C25H30FN3O4S/c1-17(2)23(27-24(30)21-8-3-4-9-22(21)26)25(31)28-12-14-29(15-13-28)34(32,33)20-11-10-18-6-5-7-19(18)16-20/h3-4,8-11,16-17,23H,5-7,12-15H2,1-2H3,(H,27,30). The molecule has 2 aromatic carbocycles. The Bertz CT molecular complexity index is 1190. The van der Waals surface area contributed by atoms with Gasteiger partial charge in [-0.3, -0.25) is 9.59 Å². The van der Waals surface area contributed by atoms with E-state index in [1.54, 1.807) is 36.9 Å². The predicted octanol–water partition coefficient (Wildman–Crippen LogP) is 2.60. The molecule has 1 aliphatic carbocycles. The number of hydrogen-bond acceptors (Lipinski definition) is 4. The summed E-state index contributed by atoms with van der Waals surface area (Å²) in [6, 6.07) is 10.1. The second-order valence-electron chi connectivity index (χ2n) is 9.19. The predicted molar refractivity (Wildman–Crippen MR) is 126 cm³/mol. The van der Waals surface area contributed by atoms with Crippen LogP contribution in [-0.2, 0) is 27.7 Å².